The number of ketones is 1. The number of aliphatic carboxylic acids is 1. The van der Waals surface area contributed by atoms with Crippen LogP contribution in [0.3, 0.4) is 0 Å². The van der Waals surface area contributed by atoms with Gasteiger partial charge in [-0.25, -0.2) is 4.79 Å². The Labute approximate surface area is 143 Å². The number of nitrogens with zero attached hydrogens (tertiary/aromatic N) is 1. The molecular weight excluding hydrogens is 337 g/mol. The maximum Gasteiger partial charge on any atom is 0.334 e. The molecule has 1 N–H and O–H groups in total. The first-order valence-corrected chi connectivity index (χ1v) is 8.15. The van der Waals surface area contributed by atoms with Crippen LogP contribution in [0.15, 0.2) is 34.5 Å². The molecule has 0 spiro atoms. The van der Waals surface area contributed by atoms with Crippen LogP contribution in [-0.2, 0) is 9.59 Å². The number of allylic oxidation sites excluding steroid dienone is 1. The Morgan fingerprint density at radius 3 is 2.70 bits per heavy atom. The topological polar surface area (TPSA) is 66.7 Å². The number of carboxylic acid groups (broad SMARTS) is 1. The van der Waals surface area contributed by atoms with Crippen molar-refractivity contribution < 1.29 is 14.7 Å². The Kier molecular flexibility index (Phi) is 4.30. The fourth-order valence-corrected chi connectivity index (χ4v) is 3.92. The number of carbonyl (C=O) groups is 2. The lowest BCUT2D eigenvalue weighted by Crippen LogP contribution is -2.38. The predicted molar refractivity (Wildman–Crippen MR) is 89.3 cm³/mol. The van der Waals surface area contributed by atoms with Gasteiger partial charge in [0, 0.05) is 23.7 Å². The summed E-state index contributed by atoms with van der Waals surface area (Å²) < 4.78 is 0. The van der Waals surface area contributed by atoms with Crippen molar-refractivity contribution >= 4 is 40.7 Å². The molecule has 2 aliphatic rings. The molecule has 2 unspecified atom stereocenters. The number of hydrogen-bond acceptors (Lipinski definition) is 3. The second-order valence-corrected chi connectivity index (χ2v) is 6.61. The molecule has 0 aromatic heterocycles. The zero-order valence-corrected chi connectivity index (χ0v) is 14.0. The molecule has 1 saturated carbocycles. The summed E-state index contributed by atoms with van der Waals surface area (Å²) in [4.78, 5) is 28.7. The second-order valence-electron chi connectivity index (χ2n) is 5.83. The lowest BCUT2D eigenvalue weighted by atomic mass is 9.69. The van der Waals surface area contributed by atoms with Crippen LogP contribution in [0.2, 0.25) is 10.0 Å². The number of rotatable bonds is 2. The molecule has 0 radical (unpaired) electrons. The highest BCUT2D eigenvalue weighted by Gasteiger charge is 2.44. The highest BCUT2D eigenvalue weighted by molar-refractivity contribution is 6.42. The predicted octanol–water partition coefficient (Wildman–Crippen LogP) is 4.26. The fourth-order valence-electron chi connectivity index (χ4n) is 3.50. The van der Waals surface area contributed by atoms with Crippen LogP contribution in [0.5, 0.6) is 0 Å². The van der Waals surface area contributed by atoms with Crippen molar-refractivity contribution in [2.45, 2.75) is 32.1 Å². The first kappa shape index (κ1) is 16.2. The molecule has 0 bridgehead atoms. The fraction of sp³-hybridized carbons (Fsp3) is 0.353. The van der Waals surface area contributed by atoms with E-state index in [-0.39, 0.29) is 11.4 Å². The van der Waals surface area contributed by atoms with Crippen molar-refractivity contribution in [1.82, 2.24) is 0 Å². The van der Waals surface area contributed by atoms with Crippen LogP contribution in [0.4, 0.5) is 0 Å². The van der Waals surface area contributed by atoms with E-state index in [1.807, 2.05) is 0 Å². The van der Waals surface area contributed by atoms with Gasteiger partial charge in [0.25, 0.3) is 0 Å². The average Bonchev–Trinajstić information content (AvgIpc) is 2.48. The highest BCUT2D eigenvalue weighted by atomic mass is 35.5. The Bertz CT molecular complexity index is 767. The van der Waals surface area contributed by atoms with E-state index in [1.165, 1.54) is 0 Å². The number of carbonyl (C=O) groups excluding carboxylic acids is 1. The molecule has 23 heavy (non-hydrogen) atoms. The Morgan fingerprint density at radius 2 is 2.00 bits per heavy atom. The van der Waals surface area contributed by atoms with Gasteiger partial charge in [-0.05, 0) is 31.4 Å². The van der Waals surface area contributed by atoms with Crippen LogP contribution < -0.4 is 0 Å². The summed E-state index contributed by atoms with van der Waals surface area (Å²) in [5.41, 5.74) is 1.88. The minimum Gasteiger partial charge on any atom is -0.478 e. The monoisotopic (exact) mass is 351 g/mol. The molecule has 1 fully saturated rings. The van der Waals surface area contributed by atoms with E-state index in [2.05, 4.69) is 4.99 Å². The minimum absolute atomic E-state index is 0.0160. The smallest absolute Gasteiger partial charge is 0.334 e. The second kappa shape index (κ2) is 6.10. The molecule has 1 aromatic carbocycles. The van der Waals surface area contributed by atoms with Crippen molar-refractivity contribution in [3.63, 3.8) is 0 Å². The third kappa shape index (κ3) is 2.70. The summed E-state index contributed by atoms with van der Waals surface area (Å²) >= 11 is 12.4. The third-order valence-electron chi connectivity index (χ3n) is 4.45. The maximum absolute atomic E-state index is 12.5. The number of hydrogen-bond donors (Lipinski definition) is 1. The van der Waals surface area contributed by atoms with Gasteiger partial charge in [-0.2, -0.15) is 0 Å². The molecule has 4 nitrogen and oxygen atoms in total. The van der Waals surface area contributed by atoms with Crippen molar-refractivity contribution in [3.05, 3.63) is 45.1 Å². The summed E-state index contributed by atoms with van der Waals surface area (Å²) in [5, 5.41) is 10.3. The molecule has 120 valence electrons. The number of benzene rings is 1. The number of aliphatic imine (C=N–C) groups is 1. The first-order valence-electron chi connectivity index (χ1n) is 7.40. The molecule has 1 heterocycles. The third-order valence-corrected chi connectivity index (χ3v) is 5.29. The lowest BCUT2D eigenvalue weighted by Gasteiger charge is -2.35. The van der Waals surface area contributed by atoms with Gasteiger partial charge in [0.05, 0.1) is 21.5 Å². The number of fused-ring (bicyclic) bond motifs is 1. The van der Waals surface area contributed by atoms with Crippen LogP contribution in [0, 0.1) is 5.92 Å². The SMILES string of the molecule is CC1=C(C(=O)O)C(c2cccc(Cl)c2Cl)C2C(=O)CCCC2=N1. The summed E-state index contributed by atoms with van der Waals surface area (Å²) in [6.07, 6.45) is 1.89. The van der Waals surface area contributed by atoms with Crippen molar-refractivity contribution in [2.24, 2.45) is 10.9 Å². The van der Waals surface area contributed by atoms with Gasteiger partial charge in [0.15, 0.2) is 0 Å². The molecule has 0 saturated heterocycles. The van der Waals surface area contributed by atoms with Crippen molar-refractivity contribution in [3.8, 4) is 0 Å². The molecular formula is C17H15Cl2NO3. The van der Waals surface area contributed by atoms with Crippen LogP contribution in [0.25, 0.3) is 0 Å². The van der Waals surface area contributed by atoms with E-state index in [0.717, 1.165) is 12.1 Å². The van der Waals surface area contributed by atoms with E-state index in [9.17, 15) is 14.7 Å². The van der Waals surface area contributed by atoms with E-state index in [1.54, 1.807) is 25.1 Å². The van der Waals surface area contributed by atoms with Gasteiger partial charge in [-0.1, -0.05) is 35.3 Å². The highest BCUT2D eigenvalue weighted by Crippen LogP contribution is 2.45. The standard InChI is InChI=1S/C17H15Cl2NO3/c1-8-13(17(22)23)14(9-4-2-5-10(18)16(9)19)15-11(20-8)6-3-7-12(15)21/h2,4-5,14-15H,3,6-7H2,1H3,(H,22,23). The van der Waals surface area contributed by atoms with Gasteiger partial charge in [0.1, 0.15) is 5.78 Å². The Morgan fingerprint density at radius 1 is 1.26 bits per heavy atom. The van der Waals surface area contributed by atoms with E-state index >= 15 is 0 Å². The molecule has 1 aliphatic heterocycles. The molecule has 1 aliphatic carbocycles. The van der Waals surface area contributed by atoms with Crippen LogP contribution >= 0.6 is 23.2 Å². The van der Waals surface area contributed by atoms with Gasteiger partial charge in [-0.15, -0.1) is 0 Å². The molecule has 0 amide bonds. The van der Waals surface area contributed by atoms with Crippen molar-refractivity contribution in [2.75, 3.05) is 0 Å². The van der Waals surface area contributed by atoms with Gasteiger partial charge in [0.2, 0.25) is 0 Å². The lowest BCUT2D eigenvalue weighted by molar-refractivity contribution is -0.133. The molecule has 3 rings (SSSR count). The van der Waals surface area contributed by atoms with Gasteiger partial charge in [-0.3, -0.25) is 9.79 Å². The molecule has 2 atom stereocenters. The maximum atomic E-state index is 12.5. The summed E-state index contributed by atoms with van der Waals surface area (Å²) in [5.74, 6) is -2.26. The van der Waals surface area contributed by atoms with E-state index in [4.69, 9.17) is 23.2 Å². The Hall–Kier alpha value is -1.65. The van der Waals surface area contributed by atoms with Gasteiger partial charge < -0.3 is 5.11 Å². The van der Waals surface area contributed by atoms with E-state index < -0.39 is 17.8 Å². The summed E-state index contributed by atoms with van der Waals surface area (Å²) in [6.45, 7) is 1.66. The summed E-state index contributed by atoms with van der Waals surface area (Å²) in [6, 6.07) is 5.10. The normalized spacial score (nSPS) is 24.3. The average molecular weight is 352 g/mol. The van der Waals surface area contributed by atoms with E-state index in [0.29, 0.717) is 34.1 Å². The molecule has 1 aromatic rings. The zero-order chi connectivity index (χ0) is 16.7. The van der Waals surface area contributed by atoms with Gasteiger partial charge >= 0.3 is 5.97 Å². The molecule has 6 heteroatoms. The Balaban J connectivity index is 2.24. The number of carboxylic acids is 1. The van der Waals surface area contributed by atoms with Crippen molar-refractivity contribution in [1.29, 1.82) is 0 Å². The first-order chi connectivity index (χ1) is 10.9. The van der Waals surface area contributed by atoms with Crippen LogP contribution in [0.1, 0.15) is 37.7 Å². The number of halogens is 2. The minimum atomic E-state index is -1.08. The van der Waals surface area contributed by atoms with Crippen LogP contribution in [-0.4, -0.2) is 22.6 Å². The quantitative estimate of drug-likeness (QED) is 0.865. The summed E-state index contributed by atoms with van der Waals surface area (Å²) in [7, 11) is 0. The zero-order valence-electron chi connectivity index (χ0n) is 12.5. The number of Topliss-reactive ketones (excluding diaryl/α,β-unsaturated/α-hetero) is 1. The largest absolute Gasteiger partial charge is 0.478 e.